The lowest BCUT2D eigenvalue weighted by molar-refractivity contribution is -0.151. The van der Waals surface area contributed by atoms with E-state index in [1.165, 1.54) is 0 Å². The summed E-state index contributed by atoms with van der Waals surface area (Å²) < 4.78 is 0. The average molecular weight is 248 g/mol. The molecule has 1 aromatic heterocycles. The van der Waals surface area contributed by atoms with Crippen LogP contribution in [0.15, 0.2) is 24.4 Å². The number of aromatic nitrogens is 1. The molecule has 0 bridgehead atoms. The van der Waals surface area contributed by atoms with Crippen LogP contribution in [0, 0.1) is 5.92 Å². The molecule has 0 amide bonds. The van der Waals surface area contributed by atoms with Gasteiger partial charge in [0, 0.05) is 24.9 Å². The van der Waals surface area contributed by atoms with Crippen LogP contribution in [-0.4, -0.2) is 40.1 Å². The molecule has 4 nitrogen and oxygen atoms in total. The largest absolute Gasteiger partial charge is 0.480 e. The van der Waals surface area contributed by atoms with Gasteiger partial charge >= 0.3 is 5.97 Å². The molecule has 0 saturated heterocycles. The molecule has 1 atom stereocenters. The molecular weight excluding hydrogens is 228 g/mol. The van der Waals surface area contributed by atoms with Crippen molar-refractivity contribution in [1.29, 1.82) is 0 Å². The van der Waals surface area contributed by atoms with Crippen LogP contribution in [0.5, 0.6) is 0 Å². The summed E-state index contributed by atoms with van der Waals surface area (Å²) in [5, 5.41) is 9.45. The first kappa shape index (κ1) is 13.0. The van der Waals surface area contributed by atoms with Crippen LogP contribution < -0.4 is 0 Å². The number of aliphatic carboxylic acids is 1. The van der Waals surface area contributed by atoms with E-state index < -0.39 is 11.5 Å². The van der Waals surface area contributed by atoms with E-state index >= 15 is 0 Å². The summed E-state index contributed by atoms with van der Waals surface area (Å²) in [5.41, 5.74) is 0.280. The van der Waals surface area contributed by atoms with Crippen LogP contribution in [0.25, 0.3) is 0 Å². The van der Waals surface area contributed by atoms with E-state index in [0.29, 0.717) is 5.92 Å². The Morgan fingerprint density at radius 3 is 2.78 bits per heavy atom. The third-order valence-electron chi connectivity index (χ3n) is 4.03. The molecule has 0 aliphatic heterocycles. The number of likely N-dealkylation sites (N-methyl/N-ethyl adjacent to an activating group) is 1. The quantitative estimate of drug-likeness (QED) is 0.834. The molecule has 1 aliphatic rings. The first-order valence-corrected chi connectivity index (χ1v) is 6.39. The minimum atomic E-state index is -0.727. The van der Waals surface area contributed by atoms with Gasteiger partial charge in [-0.05, 0) is 44.9 Å². The van der Waals surface area contributed by atoms with E-state index in [4.69, 9.17) is 0 Å². The Bertz CT molecular complexity index is 417. The number of nitrogens with zero attached hydrogens (tertiary/aromatic N) is 2. The van der Waals surface area contributed by atoms with E-state index in [0.717, 1.165) is 31.5 Å². The first-order valence-electron chi connectivity index (χ1n) is 6.39. The zero-order valence-corrected chi connectivity index (χ0v) is 11.0. The normalized spacial score (nSPS) is 18.6. The molecule has 1 aromatic rings. The van der Waals surface area contributed by atoms with E-state index in [-0.39, 0.29) is 0 Å². The number of hydrogen-bond acceptors (Lipinski definition) is 3. The second-order valence-electron chi connectivity index (χ2n) is 5.22. The third kappa shape index (κ3) is 2.53. The summed E-state index contributed by atoms with van der Waals surface area (Å²) in [7, 11) is 1.90. The minimum absolute atomic E-state index is 0.295. The van der Waals surface area contributed by atoms with Gasteiger partial charge in [0.2, 0.25) is 0 Å². The third-order valence-corrected chi connectivity index (χ3v) is 4.03. The van der Waals surface area contributed by atoms with Crippen molar-refractivity contribution in [2.45, 2.75) is 31.7 Å². The highest BCUT2D eigenvalue weighted by Crippen LogP contribution is 2.42. The molecule has 1 heterocycles. The molecule has 0 spiro atoms. The first-order chi connectivity index (χ1) is 8.55. The van der Waals surface area contributed by atoms with Crippen molar-refractivity contribution in [1.82, 2.24) is 9.88 Å². The Balaban J connectivity index is 1.98. The summed E-state index contributed by atoms with van der Waals surface area (Å²) in [5.74, 6) is -0.419. The molecule has 1 fully saturated rings. The molecule has 1 saturated carbocycles. The zero-order valence-electron chi connectivity index (χ0n) is 11.0. The number of rotatable bonds is 6. The topological polar surface area (TPSA) is 53.4 Å². The van der Waals surface area contributed by atoms with Crippen molar-refractivity contribution >= 4 is 5.97 Å². The van der Waals surface area contributed by atoms with Gasteiger partial charge < -0.3 is 5.11 Å². The number of carboxylic acids is 1. The van der Waals surface area contributed by atoms with E-state index in [9.17, 15) is 9.90 Å². The van der Waals surface area contributed by atoms with Crippen molar-refractivity contribution in [2.24, 2.45) is 5.92 Å². The lowest BCUT2D eigenvalue weighted by atomic mass is 9.93. The molecule has 1 unspecified atom stereocenters. The second-order valence-corrected chi connectivity index (χ2v) is 5.22. The fourth-order valence-corrected chi connectivity index (χ4v) is 2.36. The Kier molecular flexibility index (Phi) is 3.66. The monoisotopic (exact) mass is 248 g/mol. The van der Waals surface area contributed by atoms with Gasteiger partial charge in [-0.2, -0.15) is 0 Å². The van der Waals surface area contributed by atoms with Gasteiger partial charge in [-0.15, -0.1) is 0 Å². The molecule has 2 rings (SSSR count). The van der Waals surface area contributed by atoms with Gasteiger partial charge in [0.15, 0.2) is 0 Å². The van der Waals surface area contributed by atoms with E-state index in [1.807, 2.05) is 37.1 Å². The Morgan fingerprint density at radius 1 is 1.56 bits per heavy atom. The van der Waals surface area contributed by atoms with Crippen LogP contribution in [0.2, 0.25) is 0 Å². The van der Waals surface area contributed by atoms with Gasteiger partial charge in [0.05, 0.1) is 0 Å². The standard InChI is InChI=1S/C14H20N2O2/c1-14(13(17)18,11-6-7-11)16(2)10-8-12-5-3-4-9-15-12/h3-5,9,11H,6-8,10H2,1-2H3,(H,17,18). The molecular formula is C14H20N2O2. The molecule has 1 N–H and O–H groups in total. The summed E-state index contributed by atoms with van der Waals surface area (Å²) >= 11 is 0. The SMILES string of the molecule is CN(CCc1ccccn1)C(C)(C(=O)O)C1CC1. The Morgan fingerprint density at radius 2 is 2.28 bits per heavy atom. The highest BCUT2D eigenvalue weighted by atomic mass is 16.4. The number of pyridine rings is 1. The van der Waals surface area contributed by atoms with Crippen LogP contribution in [0.4, 0.5) is 0 Å². The number of hydrogen-bond donors (Lipinski definition) is 1. The van der Waals surface area contributed by atoms with Crippen molar-refractivity contribution in [3.05, 3.63) is 30.1 Å². The Hall–Kier alpha value is -1.42. The lowest BCUT2D eigenvalue weighted by Gasteiger charge is -2.35. The van der Waals surface area contributed by atoms with Crippen LogP contribution in [0.1, 0.15) is 25.5 Å². The summed E-state index contributed by atoms with van der Waals surface area (Å²) in [6, 6.07) is 5.82. The number of carbonyl (C=O) groups is 1. The van der Waals surface area contributed by atoms with Gasteiger partial charge in [0.25, 0.3) is 0 Å². The fraction of sp³-hybridized carbons (Fsp3) is 0.571. The summed E-state index contributed by atoms with van der Waals surface area (Å²) in [6.07, 6.45) is 4.60. The molecule has 18 heavy (non-hydrogen) atoms. The predicted octanol–water partition coefficient (Wildman–Crippen LogP) is 1.81. The predicted molar refractivity (Wildman–Crippen MR) is 69.3 cm³/mol. The second kappa shape index (κ2) is 5.06. The Labute approximate surface area is 108 Å². The maximum Gasteiger partial charge on any atom is 0.324 e. The smallest absolute Gasteiger partial charge is 0.324 e. The molecule has 4 heteroatoms. The van der Waals surface area contributed by atoms with Crippen molar-refractivity contribution in [3.8, 4) is 0 Å². The van der Waals surface area contributed by atoms with Crippen molar-refractivity contribution in [2.75, 3.05) is 13.6 Å². The number of carboxylic acid groups (broad SMARTS) is 1. The highest BCUT2D eigenvalue weighted by molar-refractivity contribution is 5.79. The van der Waals surface area contributed by atoms with Crippen molar-refractivity contribution in [3.63, 3.8) is 0 Å². The van der Waals surface area contributed by atoms with Gasteiger partial charge in [-0.1, -0.05) is 6.07 Å². The highest BCUT2D eigenvalue weighted by Gasteiger charge is 2.50. The fourth-order valence-electron chi connectivity index (χ4n) is 2.36. The molecule has 0 radical (unpaired) electrons. The minimum Gasteiger partial charge on any atom is -0.480 e. The summed E-state index contributed by atoms with van der Waals surface area (Å²) in [6.45, 7) is 2.56. The average Bonchev–Trinajstić information content (AvgIpc) is 3.20. The van der Waals surface area contributed by atoms with Crippen LogP contribution in [-0.2, 0) is 11.2 Å². The molecule has 98 valence electrons. The van der Waals surface area contributed by atoms with Gasteiger partial charge in [-0.3, -0.25) is 14.7 Å². The maximum atomic E-state index is 11.5. The van der Waals surface area contributed by atoms with Crippen LogP contribution in [0.3, 0.4) is 0 Å². The van der Waals surface area contributed by atoms with E-state index in [1.54, 1.807) is 6.20 Å². The van der Waals surface area contributed by atoms with Gasteiger partial charge in [-0.25, -0.2) is 0 Å². The van der Waals surface area contributed by atoms with E-state index in [2.05, 4.69) is 4.98 Å². The van der Waals surface area contributed by atoms with Gasteiger partial charge in [0.1, 0.15) is 5.54 Å². The maximum absolute atomic E-state index is 11.5. The van der Waals surface area contributed by atoms with Crippen LogP contribution >= 0.6 is 0 Å². The molecule has 0 aromatic carbocycles. The lowest BCUT2D eigenvalue weighted by Crippen LogP contribution is -2.53. The molecule has 1 aliphatic carbocycles. The van der Waals surface area contributed by atoms with Crippen molar-refractivity contribution < 1.29 is 9.90 Å². The zero-order chi connectivity index (χ0) is 13.2. The summed E-state index contributed by atoms with van der Waals surface area (Å²) in [4.78, 5) is 17.7.